The molecule has 23 heavy (non-hydrogen) atoms. The number of carbonyl (C=O) groups is 1. The number of likely N-dealkylation sites (N-methyl/N-ethyl adjacent to an activating group) is 1. The van der Waals surface area contributed by atoms with Crippen LogP contribution < -0.4 is 10.2 Å². The Morgan fingerprint density at radius 3 is 2.61 bits per heavy atom. The van der Waals surface area contributed by atoms with Crippen LogP contribution in [0, 0.1) is 0 Å². The number of benzene rings is 2. The quantitative estimate of drug-likeness (QED) is 0.591. The molecule has 0 aromatic heterocycles. The van der Waals surface area contributed by atoms with E-state index in [1.165, 1.54) is 0 Å². The number of rotatable bonds is 8. The van der Waals surface area contributed by atoms with Gasteiger partial charge in [0, 0.05) is 36.5 Å². The molecule has 0 unspecified atom stereocenters. The molecule has 0 saturated heterocycles. The van der Waals surface area contributed by atoms with E-state index in [1.54, 1.807) is 11.8 Å². The highest BCUT2D eigenvalue weighted by atomic mass is 32.2. The first-order chi connectivity index (χ1) is 11.2. The summed E-state index contributed by atoms with van der Waals surface area (Å²) in [6.45, 7) is 5.08. The zero-order chi connectivity index (χ0) is 16.5. The Morgan fingerprint density at radius 2 is 1.87 bits per heavy atom. The summed E-state index contributed by atoms with van der Waals surface area (Å²) in [6.07, 6.45) is 1.84. The molecule has 0 aliphatic rings. The molecule has 2 aromatic carbocycles. The Kier molecular flexibility index (Phi) is 6.76. The monoisotopic (exact) mass is 326 g/mol. The molecule has 0 heterocycles. The Balaban J connectivity index is 1.89. The van der Waals surface area contributed by atoms with E-state index in [9.17, 15) is 4.79 Å². The van der Waals surface area contributed by atoms with Gasteiger partial charge >= 0.3 is 0 Å². The van der Waals surface area contributed by atoms with Crippen molar-refractivity contribution in [3.8, 4) is 0 Å². The lowest BCUT2D eigenvalue weighted by atomic mass is 10.2. The van der Waals surface area contributed by atoms with E-state index in [-0.39, 0.29) is 5.91 Å². The van der Waals surface area contributed by atoms with Gasteiger partial charge in [-0.05, 0) is 24.3 Å². The third kappa shape index (κ3) is 5.18. The Morgan fingerprint density at radius 1 is 1.17 bits per heavy atom. The number of hydrogen-bond acceptors (Lipinski definition) is 3. The van der Waals surface area contributed by atoms with Crippen LogP contribution in [0.1, 0.15) is 10.4 Å². The van der Waals surface area contributed by atoms with Gasteiger partial charge in [-0.1, -0.05) is 36.4 Å². The first kappa shape index (κ1) is 17.2. The molecule has 0 bridgehead atoms. The number of nitrogens with one attached hydrogen (secondary N) is 1. The van der Waals surface area contributed by atoms with E-state index in [0.29, 0.717) is 6.54 Å². The van der Waals surface area contributed by atoms with Gasteiger partial charge in [-0.2, -0.15) is 0 Å². The number of anilines is 1. The molecule has 0 spiro atoms. The second-order valence-electron chi connectivity index (χ2n) is 5.11. The molecular formula is C19H22N2OS. The summed E-state index contributed by atoms with van der Waals surface area (Å²) < 4.78 is 0. The summed E-state index contributed by atoms with van der Waals surface area (Å²) in [4.78, 5) is 15.5. The number of hydrogen-bond donors (Lipinski definition) is 1. The van der Waals surface area contributed by atoms with Crippen LogP contribution in [0.25, 0.3) is 0 Å². The Labute approximate surface area is 142 Å². The van der Waals surface area contributed by atoms with Crippen LogP contribution in [0.5, 0.6) is 0 Å². The number of thioether (sulfide) groups is 1. The SMILES string of the molecule is C=CCSc1ccccc1C(=O)NCCN(C)c1ccccc1. The average molecular weight is 326 g/mol. The minimum absolute atomic E-state index is 0.0291. The van der Waals surface area contributed by atoms with Crippen LogP contribution in [0.15, 0.2) is 72.1 Å². The van der Waals surface area contributed by atoms with E-state index in [1.807, 2.05) is 55.6 Å². The van der Waals surface area contributed by atoms with Gasteiger partial charge in [-0.25, -0.2) is 0 Å². The zero-order valence-corrected chi connectivity index (χ0v) is 14.2. The molecule has 0 fully saturated rings. The first-order valence-electron chi connectivity index (χ1n) is 7.59. The molecular weight excluding hydrogens is 304 g/mol. The van der Waals surface area contributed by atoms with Crippen LogP contribution >= 0.6 is 11.8 Å². The van der Waals surface area contributed by atoms with Crippen molar-refractivity contribution < 1.29 is 4.79 Å². The van der Waals surface area contributed by atoms with Crippen molar-refractivity contribution in [2.24, 2.45) is 0 Å². The first-order valence-corrected chi connectivity index (χ1v) is 8.58. The van der Waals surface area contributed by atoms with Gasteiger partial charge in [-0.3, -0.25) is 4.79 Å². The fourth-order valence-electron chi connectivity index (χ4n) is 2.17. The number of amides is 1. The van der Waals surface area contributed by atoms with E-state index < -0.39 is 0 Å². The van der Waals surface area contributed by atoms with Crippen LogP contribution in [0.3, 0.4) is 0 Å². The predicted molar refractivity (Wildman–Crippen MR) is 99.4 cm³/mol. The highest BCUT2D eigenvalue weighted by Gasteiger charge is 2.10. The van der Waals surface area contributed by atoms with Crippen molar-refractivity contribution in [3.63, 3.8) is 0 Å². The van der Waals surface area contributed by atoms with Gasteiger partial charge in [0.05, 0.1) is 5.56 Å². The van der Waals surface area contributed by atoms with E-state index >= 15 is 0 Å². The third-order valence-corrected chi connectivity index (χ3v) is 4.49. The summed E-state index contributed by atoms with van der Waals surface area (Å²) in [5, 5.41) is 3.00. The van der Waals surface area contributed by atoms with E-state index in [2.05, 4.69) is 28.9 Å². The lowest BCUT2D eigenvalue weighted by Crippen LogP contribution is -2.33. The molecule has 4 heteroatoms. The number of nitrogens with zero attached hydrogens (tertiary/aromatic N) is 1. The standard InChI is InChI=1S/C19H22N2OS/c1-3-15-23-18-12-8-7-11-17(18)19(22)20-13-14-21(2)16-9-5-4-6-10-16/h3-12H,1,13-15H2,2H3,(H,20,22). The highest BCUT2D eigenvalue weighted by molar-refractivity contribution is 7.99. The fraction of sp³-hybridized carbons (Fsp3) is 0.211. The zero-order valence-electron chi connectivity index (χ0n) is 13.4. The van der Waals surface area contributed by atoms with Crippen molar-refractivity contribution in [3.05, 3.63) is 72.8 Å². The van der Waals surface area contributed by atoms with Crippen molar-refractivity contribution in [2.75, 3.05) is 30.8 Å². The van der Waals surface area contributed by atoms with Gasteiger partial charge in [0.15, 0.2) is 0 Å². The van der Waals surface area contributed by atoms with Gasteiger partial charge < -0.3 is 10.2 Å². The van der Waals surface area contributed by atoms with Crippen molar-refractivity contribution in [2.45, 2.75) is 4.90 Å². The number of para-hydroxylation sites is 1. The van der Waals surface area contributed by atoms with Crippen molar-refractivity contribution in [1.82, 2.24) is 5.32 Å². The van der Waals surface area contributed by atoms with Crippen LogP contribution in [0.2, 0.25) is 0 Å². The molecule has 2 rings (SSSR count). The molecule has 3 nitrogen and oxygen atoms in total. The van der Waals surface area contributed by atoms with Gasteiger partial charge in [0.1, 0.15) is 0 Å². The minimum Gasteiger partial charge on any atom is -0.373 e. The highest BCUT2D eigenvalue weighted by Crippen LogP contribution is 2.22. The molecule has 1 N–H and O–H groups in total. The molecule has 0 aliphatic carbocycles. The second kappa shape index (κ2) is 9.06. The minimum atomic E-state index is -0.0291. The summed E-state index contributed by atoms with van der Waals surface area (Å²) in [5.74, 6) is 0.764. The molecule has 0 radical (unpaired) electrons. The molecule has 120 valence electrons. The van der Waals surface area contributed by atoms with Gasteiger partial charge in [0.25, 0.3) is 5.91 Å². The molecule has 2 aromatic rings. The fourth-order valence-corrected chi connectivity index (χ4v) is 2.96. The summed E-state index contributed by atoms with van der Waals surface area (Å²) in [5.41, 5.74) is 1.87. The Hall–Kier alpha value is -2.20. The van der Waals surface area contributed by atoms with Crippen molar-refractivity contribution in [1.29, 1.82) is 0 Å². The summed E-state index contributed by atoms with van der Waals surface area (Å²) in [7, 11) is 2.02. The second-order valence-corrected chi connectivity index (χ2v) is 6.17. The lowest BCUT2D eigenvalue weighted by molar-refractivity contribution is 0.0952. The molecule has 0 atom stereocenters. The lowest BCUT2D eigenvalue weighted by Gasteiger charge is -2.19. The maximum atomic E-state index is 12.4. The maximum absolute atomic E-state index is 12.4. The van der Waals surface area contributed by atoms with E-state index in [0.717, 1.165) is 28.4 Å². The van der Waals surface area contributed by atoms with Crippen LogP contribution in [-0.4, -0.2) is 31.8 Å². The Bertz CT molecular complexity index is 643. The predicted octanol–water partition coefficient (Wildman–Crippen LogP) is 3.83. The molecule has 1 amide bonds. The average Bonchev–Trinajstić information content (AvgIpc) is 2.60. The molecule has 0 saturated carbocycles. The normalized spacial score (nSPS) is 10.1. The summed E-state index contributed by atoms with van der Waals surface area (Å²) >= 11 is 1.62. The topological polar surface area (TPSA) is 32.3 Å². The number of carbonyl (C=O) groups excluding carboxylic acids is 1. The van der Waals surface area contributed by atoms with Crippen molar-refractivity contribution >= 4 is 23.4 Å². The van der Waals surface area contributed by atoms with Gasteiger partial charge in [-0.15, -0.1) is 18.3 Å². The smallest absolute Gasteiger partial charge is 0.252 e. The summed E-state index contributed by atoms with van der Waals surface area (Å²) in [6, 6.07) is 17.8. The van der Waals surface area contributed by atoms with E-state index in [4.69, 9.17) is 0 Å². The maximum Gasteiger partial charge on any atom is 0.252 e. The van der Waals surface area contributed by atoms with Crippen LogP contribution in [-0.2, 0) is 0 Å². The van der Waals surface area contributed by atoms with Gasteiger partial charge in [0.2, 0.25) is 0 Å². The largest absolute Gasteiger partial charge is 0.373 e. The van der Waals surface area contributed by atoms with Crippen LogP contribution in [0.4, 0.5) is 5.69 Å². The molecule has 0 aliphatic heterocycles. The third-order valence-electron chi connectivity index (χ3n) is 3.42.